The summed E-state index contributed by atoms with van der Waals surface area (Å²) in [5, 5.41) is 0.492. The van der Waals surface area contributed by atoms with Crippen molar-refractivity contribution in [2.75, 3.05) is 6.61 Å². The van der Waals surface area contributed by atoms with Crippen LogP contribution < -0.4 is 4.74 Å². The molecule has 0 fully saturated rings. The minimum atomic E-state index is 0.492. The van der Waals surface area contributed by atoms with E-state index in [0.29, 0.717) is 5.15 Å². The molecular weight excluding hydrogens is 246 g/mol. The summed E-state index contributed by atoms with van der Waals surface area (Å²) in [7, 11) is 0. The molecule has 0 amide bonds. The van der Waals surface area contributed by atoms with E-state index in [1.807, 2.05) is 12.1 Å². The first-order valence-electron chi connectivity index (χ1n) is 6.13. The van der Waals surface area contributed by atoms with Gasteiger partial charge in [0.05, 0.1) is 12.8 Å². The Bertz CT molecular complexity index is 456. The Hall–Kier alpha value is -1.54. The Morgan fingerprint density at radius 1 is 1.00 bits per heavy atom. The first-order valence-corrected chi connectivity index (χ1v) is 6.51. The van der Waals surface area contributed by atoms with Crippen molar-refractivity contribution in [3.05, 3.63) is 59.4 Å². The molecule has 0 atom stereocenters. The molecule has 1 heterocycles. The second-order valence-corrected chi connectivity index (χ2v) is 4.50. The van der Waals surface area contributed by atoms with E-state index in [0.717, 1.165) is 31.6 Å². The fourth-order valence-corrected chi connectivity index (χ4v) is 1.83. The summed E-state index contributed by atoms with van der Waals surface area (Å²) in [6, 6.07) is 14.1. The number of rotatable bonds is 6. The molecule has 2 aromatic rings. The minimum Gasteiger partial charge on any atom is -0.492 e. The van der Waals surface area contributed by atoms with Gasteiger partial charge in [0, 0.05) is 0 Å². The molecule has 1 aromatic carbocycles. The van der Waals surface area contributed by atoms with E-state index >= 15 is 0 Å². The van der Waals surface area contributed by atoms with Crippen LogP contribution in [0.4, 0.5) is 0 Å². The van der Waals surface area contributed by atoms with Crippen LogP contribution in [0.1, 0.15) is 18.4 Å². The standard InChI is InChI=1S/C15H16ClNO/c16-15-10-9-14(12-17-15)18-11-5-4-8-13-6-2-1-3-7-13/h1-3,6-7,9-10,12H,4-5,8,11H2. The number of hydrogen-bond donors (Lipinski definition) is 0. The molecule has 2 nitrogen and oxygen atoms in total. The van der Waals surface area contributed by atoms with Crippen molar-refractivity contribution in [2.24, 2.45) is 0 Å². The molecule has 0 radical (unpaired) electrons. The van der Waals surface area contributed by atoms with Crippen LogP contribution in [0.3, 0.4) is 0 Å². The van der Waals surface area contributed by atoms with Crippen molar-refractivity contribution in [1.29, 1.82) is 0 Å². The molecule has 0 N–H and O–H groups in total. The van der Waals surface area contributed by atoms with Gasteiger partial charge in [-0.25, -0.2) is 4.98 Å². The van der Waals surface area contributed by atoms with Gasteiger partial charge >= 0.3 is 0 Å². The SMILES string of the molecule is Clc1ccc(OCCCCc2ccccc2)cn1. The lowest BCUT2D eigenvalue weighted by Gasteiger charge is -2.05. The first kappa shape index (κ1) is 12.9. The van der Waals surface area contributed by atoms with Crippen molar-refractivity contribution in [1.82, 2.24) is 4.98 Å². The van der Waals surface area contributed by atoms with Gasteiger partial charge in [0.2, 0.25) is 0 Å². The summed E-state index contributed by atoms with van der Waals surface area (Å²) >= 11 is 5.70. The van der Waals surface area contributed by atoms with Gasteiger partial charge in [-0.3, -0.25) is 0 Å². The normalized spacial score (nSPS) is 10.3. The molecule has 94 valence electrons. The van der Waals surface area contributed by atoms with Crippen molar-refractivity contribution < 1.29 is 4.74 Å². The summed E-state index contributed by atoms with van der Waals surface area (Å²) in [6.45, 7) is 0.718. The summed E-state index contributed by atoms with van der Waals surface area (Å²) < 4.78 is 5.58. The number of aryl methyl sites for hydroxylation is 1. The predicted molar refractivity (Wildman–Crippen MR) is 74.1 cm³/mol. The largest absolute Gasteiger partial charge is 0.492 e. The molecule has 0 unspecified atom stereocenters. The fraction of sp³-hybridized carbons (Fsp3) is 0.267. The zero-order valence-corrected chi connectivity index (χ0v) is 10.9. The lowest BCUT2D eigenvalue weighted by molar-refractivity contribution is 0.306. The van der Waals surface area contributed by atoms with E-state index in [1.165, 1.54) is 5.56 Å². The maximum Gasteiger partial charge on any atom is 0.137 e. The lowest BCUT2D eigenvalue weighted by atomic mass is 10.1. The quantitative estimate of drug-likeness (QED) is 0.576. The highest BCUT2D eigenvalue weighted by Gasteiger charge is 1.96. The third-order valence-corrected chi connectivity index (χ3v) is 2.90. The number of aromatic nitrogens is 1. The molecule has 2 rings (SSSR count). The van der Waals surface area contributed by atoms with Crippen LogP contribution in [0.15, 0.2) is 48.7 Å². The van der Waals surface area contributed by atoms with Crippen molar-refractivity contribution in [2.45, 2.75) is 19.3 Å². The third-order valence-electron chi connectivity index (χ3n) is 2.67. The Morgan fingerprint density at radius 3 is 2.56 bits per heavy atom. The van der Waals surface area contributed by atoms with Gasteiger partial charge in [-0.2, -0.15) is 0 Å². The highest BCUT2D eigenvalue weighted by molar-refractivity contribution is 6.29. The van der Waals surface area contributed by atoms with E-state index in [-0.39, 0.29) is 0 Å². The fourth-order valence-electron chi connectivity index (χ4n) is 1.71. The first-order chi connectivity index (χ1) is 8.84. The predicted octanol–water partition coefficient (Wildman–Crippen LogP) is 4.14. The van der Waals surface area contributed by atoms with Crippen LogP contribution in [-0.2, 0) is 6.42 Å². The summed E-state index contributed by atoms with van der Waals surface area (Å²) in [6.07, 6.45) is 4.92. The number of halogens is 1. The van der Waals surface area contributed by atoms with Gasteiger partial charge < -0.3 is 4.74 Å². The van der Waals surface area contributed by atoms with Crippen LogP contribution in [0.2, 0.25) is 5.15 Å². The maximum absolute atomic E-state index is 5.70. The van der Waals surface area contributed by atoms with E-state index in [9.17, 15) is 0 Å². The third kappa shape index (κ3) is 4.38. The van der Waals surface area contributed by atoms with Gasteiger partial charge in [0.15, 0.2) is 0 Å². The number of ether oxygens (including phenoxy) is 1. The van der Waals surface area contributed by atoms with Gasteiger partial charge in [-0.1, -0.05) is 41.9 Å². The van der Waals surface area contributed by atoms with Crippen LogP contribution in [0, 0.1) is 0 Å². The molecule has 0 aliphatic carbocycles. The highest BCUT2D eigenvalue weighted by Crippen LogP contribution is 2.12. The summed E-state index contributed by atoms with van der Waals surface area (Å²) in [5.41, 5.74) is 1.38. The van der Waals surface area contributed by atoms with Gasteiger partial charge in [0.1, 0.15) is 10.9 Å². The molecule has 0 bridgehead atoms. The number of nitrogens with zero attached hydrogens (tertiary/aromatic N) is 1. The van der Waals surface area contributed by atoms with Crippen LogP contribution in [0.25, 0.3) is 0 Å². The van der Waals surface area contributed by atoms with E-state index < -0.39 is 0 Å². The lowest BCUT2D eigenvalue weighted by Crippen LogP contribution is -1.98. The molecule has 0 spiro atoms. The minimum absolute atomic E-state index is 0.492. The topological polar surface area (TPSA) is 22.1 Å². The zero-order chi connectivity index (χ0) is 12.6. The molecule has 0 saturated carbocycles. The molecule has 1 aromatic heterocycles. The van der Waals surface area contributed by atoms with E-state index in [1.54, 1.807) is 12.3 Å². The maximum atomic E-state index is 5.70. The zero-order valence-electron chi connectivity index (χ0n) is 10.2. The second-order valence-electron chi connectivity index (χ2n) is 4.11. The van der Waals surface area contributed by atoms with E-state index in [2.05, 4.69) is 29.2 Å². The highest BCUT2D eigenvalue weighted by atomic mass is 35.5. The number of hydrogen-bond acceptors (Lipinski definition) is 2. The van der Waals surface area contributed by atoms with Crippen LogP contribution >= 0.6 is 11.6 Å². The second kappa shape index (κ2) is 7.02. The average molecular weight is 262 g/mol. The summed E-state index contributed by atoms with van der Waals surface area (Å²) in [4.78, 5) is 3.97. The Kier molecular flexibility index (Phi) is 5.03. The van der Waals surface area contributed by atoms with E-state index in [4.69, 9.17) is 16.3 Å². The van der Waals surface area contributed by atoms with Gasteiger partial charge in [0.25, 0.3) is 0 Å². The average Bonchev–Trinajstić information content (AvgIpc) is 2.42. The molecule has 0 saturated heterocycles. The Morgan fingerprint density at radius 2 is 1.83 bits per heavy atom. The van der Waals surface area contributed by atoms with Crippen LogP contribution in [-0.4, -0.2) is 11.6 Å². The van der Waals surface area contributed by atoms with Crippen LogP contribution in [0.5, 0.6) is 5.75 Å². The van der Waals surface area contributed by atoms with Crippen molar-refractivity contribution >= 4 is 11.6 Å². The molecule has 3 heteroatoms. The Balaban J connectivity index is 1.63. The van der Waals surface area contributed by atoms with Gasteiger partial charge in [-0.15, -0.1) is 0 Å². The summed E-state index contributed by atoms with van der Waals surface area (Å²) in [5.74, 6) is 0.777. The Labute approximate surface area is 113 Å². The monoisotopic (exact) mass is 261 g/mol. The molecule has 0 aliphatic heterocycles. The van der Waals surface area contributed by atoms with Gasteiger partial charge in [-0.05, 0) is 37.0 Å². The molecule has 0 aliphatic rings. The number of unbranched alkanes of at least 4 members (excludes halogenated alkanes) is 1. The van der Waals surface area contributed by atoms with Crippen molar-refractivity contribution in [3.8, 4) is 5.75 Å². The van der Waals surface area contributed by atoms with Crippen molar-refractivity contribution in [3.63, 3.8) is 0 Å². The molecular formula is C15H16ClNO. The molecule has 18 heavy (non-hydrogen) atoms. The number of pyridine rings is 1. The smallest absolute Gasteiger partial charge is 0.137 e. The number of benzene rings is 1.